The van der Waals surface area contributed by atoms with Crippen molar-refractivity contribution in [1.82, 2.24) is 19.9 Å². The van der Waals surface area contributed by atoms with E-state index >= 15 is 0 Å². The van der Waals surface area contributed by atoms with Crippen molar-refractivity contribution in [3.63, 3.8) is 0 Å². The standard InChI is InChI=1S/C34H35N5O7/c1-42-24-15-16-26(28(19-24)43-2)35-34(41)32(23-17-29(44-3)33(46-5)30(18-23)45-4)38(20-22-11-7-6-8-12-22)31(40)21-39-27-14-10-9-13-25(27)36-37-39/h6-19,32H,20-21H2,1-5H3,(H,35,41). The predicted octanol–water partition coefficient (Wildman–Crippen LogP) is 4.88. The summed E-state index contributed by atoms with van der Waals surface area (Å²) in [4.78, 5) is 30.4. The summed E-state index contributed by atoms with van der Waals surface area (Å²) >= 11 is 0. The Hall–Kier alpha value is -5.78. The van der Waals surface area contributed by atoms with Crippen LogP contribution in [0.3, 0.4) is 0 Å². The minimum Gasteiger partial charge on any atom is -0.497 e. The maximum atomic E-state index is 14.5. The van der Waals surface area contributed by atoms with Gasteiger partial charge in [0.25, 0.3) is 5.91 Å². The normalized spacial score (nSPS) is 11.4. The molecule has 0 spiro atoms. The van der Waals surface area contributed by atoms with E-state index in [2.05, 4.69) is 15.6 Å². The van der Waals surface area contributed by atoms with Crippen molar-refractivity contribution in [1.29, 1.82) is 0 Å². The molecule has 12 nitrogen and oxygen atoms in total. The lowest BCUT2D eigenvalue weighted by Gasteiger charge is -2.32. The number of aromatic nitrogens is 3. The molecule has 1 unspecified atom stereocenters. The van der Waals surface area contributed by atoms with Crippen LogP contribution in [0.5, 0.6) is 28.7 Å². The average molecular weight is 626 g/mol. The number of fused-ring (bicyclic) bond motifs is 1. The highest BCUT2D eigenvalue weighted by Crippen LogP contribution is 2.41. The molecule has 0 fully saturated rings. The molecule has 0 aliphatic carbocycles. The first-order valence-corrected chi connectivity index (χ1v) is 14.3. The van der Waals surface area contributed by atoms with E-state index in [1.165, 1.54) is 38.0 Å². The quantitative estimate of drug-likeness (QED) is 0.195. The van der Waals surface area contributed by atoms with Gasteiger partial charge in [0.2, 0.25) is 11.7 Å². The van der Waals surface area contributed by atoms with E-state index in [0.717, 1.165) is 5.56 Å². The number of nitrogens with one attached hydrogen (secondary N) is 1. The molecule has 5 rings (SSSR count). The molecule has 0 radical (unpaired) electrons. The van der Waals surface area contributed by atoms with E-state index in [0.29, 0.717) is 51.0 Å². The minimum atomic E-state index is -1.18. The van der Waals surface area contributed by atoms with Gasteiger partial charge < -0.3 is 33.9 Å². The first-order chi connectivity index (χ1) is 22.4. The molecule has 0 aliphatic rings. The fraction of sp³-hybridized carbons (Fsp3) is 0.235. The first-order valence-electron chi connectivity index (χ1n) is 14.3. The number of anilines is 1. The van der Waals surface area contributed by atoms with Crippen molar-refractivity contribution in [2.24, 2.45) is 0 Å². The second-order valence-corrected chi connectivity index (χ2v) is 10.2. The lowest BCUT2D eigenvalue weighted by molar-refractivity contribution is -0.140. The molecule has 2 amide bonds. The highest BCUT2D eigenvalue weighted by atomic mass is 16.5. The Bertz CT molecular complexity index is 1800. The summed E-state index contributed by atoms with van der Waals surface area (Å²) in [6.45, 7) is -0.0752. The Morgan fingerprint density at radius 3 is 2.11 bits per heavy atom. The number of carbonyl (C=O) groups is 2. The van der Waals surface area contributed by atoms with Gasteiger partial charge in [0.05, 0.1) is 46.8 Å². The van der Waals surface area contributed by atoms with Crippen LogP contribution in [0.4, 0.5) is 5.69 Å². The van der Waals surface area contributed by atoms with Gasteiger partial charge in [-0.15, -0.1) is 5.10 Å². The Labute approximate surface area is 266 Å². The summed E-state index contributed by atoms with van der Waals surface area (Å²) < 4.78 is 29.2. The van der Waals surface area contributed by atoms with E-state index < -0.39 is 11.9 Å². The van der Waals surface area contributed by atoms with Crippen molar-refractivity contribution in [2.45, 2.75) is 19.1 Å². The molecule has 0 aliphatic heterocycles. The van der Waals surface area contributed by atoms with Crippen LogP contribution in [0, 0.1) is 0 Å². The van der Waals surface area contributed by atoms with E-state index in [4.69, 9.17) is 23.7 Å². The first kappa shape index (κ1) is 31.6. The Balaban J connectivity index is 1.65. The van der Waals surface area contributed by atoms with Crippen molar-refractivity contribution >= 4 is 28.5 Å². The number of amides is 2. The maximum absolute atomic E-state index is 14.5. The fourth-order valence-corrected chi connectivity index (χ4v) is 5.19. The molecule has 1 atom stereocenters. The summed E-state index contributed by atoms with van der Waals surface area (Å²) in [6.07, 6.45) is 0. The second kappa shape index (κ2) is 14.3. The lowest BCUT2D eigenvalue weighted by Crippen LogP contribution is -2.42. The molecular weight excluding hydrogens is 590 g/mol. The van der Waals surface area contributed by atoms with E-state index in [1.54, 1.807) is 37.4 Å². The van der Waals surface area contributed by atoms with E-state index in [-0.39, 0.29) is 19.0 Å². The third kappa shape index (κ3) is 6.65. The van der Waals surface area contributed by atoms with Crippen LogP contribution in [0.15, 0.2) is 84.9 Å². The molecule has 238 valence electrons. The topological polar surface area (TPSA) is 126 Å². The van der Waals surface area contributed by atoms with E-state index in [1.807, 2.05) is 54.6 Å². The van der Waals surface area contributed by atoms with Crippen LogP contribution in [0.25, 0.3) is 11.0 Å². The molecule has 46 heavy (non-hydrogen) atoms. The third-order valence-corrected chi connectivity index (χ3v) is 7.45. The highest BCUT2D eigenvalue weighted by Gasteiger charge is 2.34. The van der Waals surface area contributed by atoms with Gasteiger partial charge in [-0.1, -0.05) is 47.7 Å². The molecule has 0 bridgehead atoms. The van der Waals surface area contributed by atoms with Crippen molar-refractivity contribution < 1.29 is 33.3 Å². The maximum Gasteiger partial charge on any atom is 0.251 e. The SMILES string of the molecule is COc1ccc(NC(=O)C(c2cc(OC)c(OC)c(OC)c2)N(Cc2ccccc2)C(=O)Cn2nnc3ccccc32)c(OC)c1. The van der Waals surface area contributed by atoms with Crippen LogP contribution in [0.2, 0.25) is 0 Å². The number of hydrogen-bond acceptors (Lipinski definition) is 9. The minimum absolute atomic E-state index is 0.0980. The van der Waals surface area contributed by atoms with Crippen molar-refractivity contribution in [2.75, 3.05) is 40.9 Å². The summed E-state index contributed by atoms with van der Waals surface area (Å²) in [5.74, 6) is 1.04. The van der Waals surface area contributed by atoms with Gasteiger partial charge in [-0.3, -0.25) is 9.59 Å². The van der Waals surface area contributed by atoms with Gasteiger partial charge in [0.15, 0.2) is 11.5 Å². The monoisotopic (exact) mass is 625 g/mol. The second-order valence-electron chi connectivity index (χ2n) is 10.2. The van der Waals surface area contributed by atoms with Crippen LogP contribution in [-0.2, 0) is 22.7 Å². The van der Waals surface area contributed by atoms with Gasteiger partial charge in [-0.25, -0.2) is 4.68 Å². The molecule has 5 aromatic rings. The molecule has 0 saturated carbocycles. The van der Waals surface area contributed by atoms with Gasteiger partial charge >= 0.3 is 0 Å². The lowest BCUT2D eigenvalue weighted by atomic mass is 10.0. The Kier molecular flexibility index (Phi) is 9.86. The van der Waals surface area contributed by atoms with Gasteiger partial charge in [-0.05, 0) is 47.5 Å². The van der Waals surface area contributed by atoms with Gasteiger partial charge in [0.1, 0.15) is 29.6 Å². The zero-order valence-electron chi connectivity index (χ0n) is 26.2. The van der Waals surface area contributed by atoms with Gasteiger partial charge in [-0.2, -0.15) is 0 Å². The number of carbonyl (C=O) groups excluding carboxylic acids is 2. The van der Waals surface area contributed by atoms with E-state index in [9.17, 15) is 9.59 Å². The molecule has 4 aromatic carbocycles. The Morgan fingerprint density at radius 2 is 1.46 bits per heavy atom. The summed E-state index contributed by atoms with van der Waals surface area (Å²) in [6, 6.07) is 24.0. The van der Waals surface area contributed by atoms with Crippen LogP contribution in [0.1, 0.15) is 17.2 Å². The molecule has 1 N–H and O–H groups in total. The molecule has 0 saturated heterocycles. The number of ether oxygens (including phenoxy) is 5. The van der Waals surface area contributed by atoms with Crippen LogP contribution < -0.4 is 29.0 Å². The summed E-state index contributed by atoms with van der Waals surface area (Å²) in [5, 5.41) is 11.4. The molecular formula is C34H35N5O7. The molecule has 12 heteroatoms. The zero-order valence-corrected chi connectivity index (χ0v) is 26.2. The number of nitrogens with zero attached hydrogens (tertiary/aromatic N) is 4. The number of benzene rings is 4. The van der Waals surface area contributed by atoms with Crippen molar-refractivity contribution in [3.8, 4) is 28.7 Å². The smallest absolute Gasteiger partial charge is 0.251 e. The fourth-order valence-electron chi connectivity index (χ4n) is 5.19. The molecule has 1 heterocycles. The third-order valence-electron chi connectivity index (χ3n) is 7.45. The predicted molar refractivity (Wildman–Crippen MR) is 172 cm³/mol. The number of hydrogen-bond donors (Lipinski definition) is 1. The number of methoxy groups -OCH3 is 5. The average Bonchev–Trinajstić information content (AvgIpc) is 3.50. The van der Waals surface area contributed by atoms with Crippen molar-refractivity contribution in [3.05, 3.63) is 96.1 Å². The highest BCUT2D eigenvalue weighted by molar-refractivity contribution is 5.99. The molecule has 1 aromatic heterocycles. The van der Waals surface area contributed by atoms with Gasteiger partial charge in [0, 0.05) is 12.6 Å². The zero-order chi connectivity index (χ0) is 32.6. The van der Waals surface area contributed by atoms with Crippen LogP contribution >= 0.6 is 0 Å². The summed E-state index contributed by atoms with van der Waals surface area (Å²) in [7, 11) is 7.50. The number of para-hydroxylation sites is 1. The number of rotatable bonds is 13. The van der Waals surface area contributed by atoms with Crippen LogP contribution in [-0.4, -0.2) is 67.3 Å². The Morgan fingerprint density at radius 1 is 0.783 bits per heavy atom. The largest absolute Gasteiger partial charge is 0.497 e. The summed E-state index contributed by atoms with van der Waals surface area (Å²) in [5.41, 5.74) is 2.96.